The molecule has 0 bridgehead atoms. The van der Waals surface area contributed by atoms with Gasteiger partial charge in [0, 0.05) is 37.1 Å². The van der Waals surface area contributed by atoms with Crippen LogP contribution < -0.4 is 0 Å². The molecule has 2 N–H and O–H groups in total. The highest BCUT2D eigenvalue weighted by atomic mass is 16.3. The monoisotopic (exact) mass is 468 g/mol. The van der Waals surface area contributed by atoms with Crippen LogP contribution in [-0.2, 0) is 9.59 Å². The first kappa shape index (κ1) is 21.1. The van der Waals surface area contributed by atoms with Gasteiger partial charge in [-0.3, -0.25) is 9.59 Å². The zero-order valence-corrected chi connectivity index (χ0v) is 21.4. The molecule has 0 heterocycles. The van der Waals surface area contributed by atoms with E-state index in [1.54, 1.807) is 6.92 Å². The van der Waals surface area contributed by atoms with Crippen molar-refractivity contribution >= 4 is 11.6 Å². The molecule has 190 valence electrons. The molecule has 0 aromatic rings. The average Bonchev–Trinajstić information content (AvgIpc) is 2.78. The van der Waals surface area contributed by atoms with Crippen molar-refractivity contribution in [2.45, 2.75) is 125 Å². The van der Waals surface area contributed by atoms with Gasteiger partial charge >= 0.3 is 0 Å². The van der Waals surface area contributed by atoms with Gasteiger partial charge in [0.25, 0.3) is 0 Å². The minimum absolute atomic E-state index is 0.0953. The molecule has 1 rings (SSSR count). The van der Waals surface area contributed by atoms with Gasteiger partial charge in [-0.15, -0.1) is 0 Å². The van der Waals surface area contributed by atoms with Crippen molar-refractivity contribution in [3.05, 3.63) is 22.3 Å². The normalized spacial score (nSPS) is 23.1. The molecule has 4 heteroatoms. The Hall–Kier alpha value is -1.26. The van der Waals surface area contributed by atoms with Crippen molar-refractivity contribution in [2.75, 3.05) is 6.61 Å². The summed E-state index contributed by atoms with van der Waals surface area (Å²) in [4.78, 5) is 25.9. The predicted octanol–water partition coefficient (Wildman–Crippen LogP) is 6.73. The fourth-order valence-electron chi connectivity index (χ4n) is 4.48. The third-order valence-electron chi connectivity index (χ3n) is 7.17. The summed E-state index contributed by atoms with van der Waals surface area (Å²) in [5.74, 6) is -0.314. The molecule has 0 aromatic heterocycles. The number of hydrogen-bond acceptors (Lipinski definition) is 4. The lowest BCUT2D eigenvalue weighted by Gasteiger charge is -2.26. The van der Waals surface area contributed by atoms with Crippen LogP contribution in [0.4, 0.5) is 0 Å². The van der Waals surface area contributed by atoms with Crippen LogP contribution in [0, 0.1) is 17.8 Å². The lowest BCUT2D eigenvalue weighted by Crippen LogP contribution is -2.27. The highest BCUT2D eigenvalue weighted by Crippen LogP contribution is 2.31. The molecule has 1 unspecified atom stereocenters. The first-order valence-corrected chi connectivity index (χ1v) is 12.7. The Kier molecular flexibility index (Phi) is 9.07. The SMILES string of the molecule is [2H]C([2H])([2H])C1=C(C)C(=O)C(CC[C@](C)(O)CCC[C@H](C)CCC[C@H](C)CCCC(C)CO)=C(C([2H])([2H])[2H])C1=O. The van der Waals surface area contributed by atoms with E-state index in [1.165, 1.54) is 19.8 Å². The van der Waals surface area contributed by atoms with Gasteiger partial charge in [0.1, 0.15) is 0 Å². The number of rotatable bonds is 16. The van der Waals surface area contributed by atoms with E-state index in [1.807, 2.05) is 0 Å². The Morgan fingerprint density at radius 1 is 0.788 bits per heavy atom. The molecule has 1 aliphatic carbocycles. The summed E-state index contributed by atoms with van der Waals surface area (Å²) in [6, 6.07) is 0. The minimum atomic E-state index is -2.93. The summed E-state index contributed by atoms with van der Waals surface area (Å²) in [5, 5.41) is 20.1. The zero-order chi connectivity index (χ0) is 30.2. The van der Waals surface area contributed by atoms with E-state index in [2.05, 4.69) is 20.8 Å². The van der Waals surface area contributed by atoms with E-state index in [0.29, 0.717) is 24.2 Å². The van der Waals surface area contributed by atoms with Crippen LogP contribution in [0.1, 0.15) is 127 Å². The molecule has 4 atom stereocenters. The lowest BCUT2D eigenvalue weighted by molar-refractivity contribution is -0.116. The lowest BCUT2D eigenvalue weighted by atomic mass is 9.81. The van der Waals surface area contributed by atoms with Crippen molar-refractivity contribution in [2.24, 2.45) is 17.8 Å². The van der Waals surface area contributed by atoms with Gasteiger partial charge < -0.3 is 10.2 Å². The Morgan fingerprint density at radius 2 is 1.30 bits per heavy atom. The molecule has 0 amide bonds. The summed E-state index contributed by atoms with van der Waals surface area (Å²) >= 11 is 0. The summed E-state index contributed by atoms with van der Waals surface area (Å²) in [6.07, 6.45) is 9.04. The number of hydrogen-bond donors (Lipinski definition) is 2. The van der Waals surface area contributed by atoms with Gasteiger partial charge in [0.05, 0.1) is 5.60 Å². The highest BCUT2D eigenvalue weighted by Gasteiger charge is 2.29. The van der Waals surface area contributed by atoms with Gasteiger partial charge in [-0.05, 0) is 71.0 Å². The van der Waals surface area contributed by atoms with Gasteiger partial charge in [-0.25, -0.2) is 0 Å². The summed E-state index contributed by atoms with van der Waals surface area (Å²) in [6.45, 7) is 3.89. The number of ketones is 2. The van der Waals surface area contributed by atoms with E-state index >= 15 is 0 Å². The largest absolute Gasteiger partial charge is 0.396 e. The Labute approximate surface area is 211 Å². The quantitative estimate of drug-likeness (QED) is 0.246. The van der Waals surface area contributed by atoms with E-state index in [9.17, 15) is 14.7 Å². The van der Waals surface area contributed by atoms with Crippen LogP contribution in [0.5, 0.6) is 0 Å². The first-order chi connectivity index (χ1) is 17.8. The second-order valence-electron chi connectivity index (χ2n) is 10.8. The molecule has 0 aliphatic heterocycles. The zero-order valence-electron chi connectivity index (χ0n) is 27.4. The Morgan fingerprint density at radius 3 is 1.82 bits per heavy atom. The molecule has 4 nitrogen and oxygen atoms in total. The van der Waals surface area contributed by atoms with Crippen LogP contribution in [0.25, 0.3) is 0 Å². The molecule has 0 radical (unpaired) electrons. The third kappa shape index (κ3) is 10.3. The topological polar surface area (TPSA) is 74.6 Å². The number of aliphatic hydroxyl groups is 2. The van der Waals surface area contributed by atoms with Gasteiger partial charge in [-0.1, -0.05) is 65.7 Å². The number of carbonyl (C=O) groups excluding carboxylic acids is 2. The molecule has 33 heavy (non-hydrogen) atoms. The van der Waals surface area contributed by atoms with E-state index in [0.717, 1.165) is 38.5 Å². The Bertz CT molecular complexity index is 898. The minimum Gasteiger partial charge on any atom is -0.396 e. The van der Waals surface area contributed by atoms with Crippen molar-refractivity contribution in [3.8, 4) is 0 Å². The molecule has 0 spiro atoms. The molecular weight excluding hydrogens is 412 g/mol. The fourth-order valence-corrected chi connectivity index (χ4v) is 4.48. The second-order valence-corrected chi connectivity index (χ2v) is 10.8. The van der Waals surface area contributed by atoms with Crippen molar-refractivity contribution in [3.63, 3.8) is 0 Å². The summed E-state index contributed by atoms with van der Waals surface area (Å²) in [7, 11) is 0. The van der Waals surface area contributed by atoms with Crippen LogP contribution in [0.3, 0.4) is 0 Å². The molecule has 0 saturated heterocycles. The molecule has 0 aromatic carbocycles. The third-order valence-corrected chi connectivity index (χ3v) is 7.17. The fraction of sp³-hybridized carbons (Fsp3) is 0.793. The van der Waals surface area contributed by atoms with Crippen LogP contribution >= 0.6 is 0 Å². The molecular formula is C29H50O4. The van der Waals surface area contributed by atoms with Crippen molar-refractivity contribution in [1.82, 2.24) is 0 Å². The van der Waals surface area contributed by atoms with Crippen LogP contribution in [-0.4, -0.2) is 34.0 Å². The van der Waals surface area contributed by atoms with Gasteiger partial charge in [0.2, 0.25) is 0 Å². The molecule has 0 fully saturated rings. The summed E-state index contributed by atoms with van der Waals surface area (Å²) in [5.41, 5.74) is -3.07. The van der Waals surface area contributed by atoms with E-state index in [-0.39, 0.29) is 30.6 Å². The Balaban J connectivity index is 2.63. The standard InChI is InChI=1S/C29H50O4/c1-20(13-9-14-22(3)19-30)11-8-12-21(2)15-10-17-29(7,33)18-16-26-25(6)27(31)23(4)24(5)28(26)32/h20-22,30,33H,8-19H2,1-7H3/t20-,21+,22?,29+/m0/s1/i4D3,6D3. The van der Waals surface area contributed by atoms with Crippen LogP contribution in [0.15, 0.2) is 22.3 Å². The number of aliphatic hydroxyl groups excluding tert-OH is 1. The maximum absolute atomic E-state index is 13.0. The highest BCUT2D eigenvalue weighted by molar-refractivity contribution is 6.24. The molecule has 0 saturated carbocycles. The van der Waals surface area contributed by atoms with Crippen molar-refractivity contribution in [1.29, 1.82) is 0 Å². The number of Topliss-reactive ketones (excluding diaryl/α,β-unsaturated/α-hetero) is 2. The maximum Gasteiger partial charge on any atom is 0.185 e. The number of carbonyl (C=O) groups is 2. The summed E-state index contributed by atoms with van der Waals surface area (Å²) < 4.78 is 46.2. The average molecular weight is 469 g/mol. The van der Waals surface area contributed by atoms with Crippen molar-refractivity contribution < 1.29 is 28.0 Å². The predicted molar refractivity (Wildman–Crippen MR) is 137 cm³/mol. The van der Waals surface area contributed by atoms with Gasteiger partial charge in [0.15, 0.2) is 11.6 Å². The smallest absolute Gasteiger partial charge is 0.185 e. The second kappa shape index (κ2) is 14.2. The van der Waals surface area contributed by atoms with Crippen LogP contribution in [0.2, 0.25) is 0 Å². The maximum atomic E-state index is 13.0. The number of allylic oxidation sites excluding steroid dienone is 4. The van der Waals surface area contributed by atoms with E-state index in [4.69, 9.17) is 13.3 Å². The molecule has 1 aliphatic rings. The van der Waals surface area contributed by atoms with Gasteiger partial charge in [-0.2, -0.15) is 0 Å². The first-order valence-electron chi connectivity index (χ1n) is 15.7. The van der Waals surface area contributed by atoms with E-state index < -0.39 is 42.0 Å².